The van der Waals surface area contributed by atoms with Crippen LogP contribution in [-0.4, -0.2) is 58.6 Å². The van der Waals surface area contributed by atoms with Gasteiger partial charge in [-0.3, -0.25) is 13.5 Å². The molecule has 2 aromatic heterocycles. The van der Waals surface area contributed by atoms with Crippen molar-refractivity contribution in [2.24, 2.45) is 11.7 Å². The Hall–Kier alpha value is -2.19. The smallest absolute Gasteiger partial charge is 0.274 e. The van der Waals surface area contributed by atoms with Gasteiger partial charge < -0.3 is 20.9 Å². The zero-order valence-electron chi connectivity index (χ0n) is 16.8. The molecule has 0 amide bonds. The Morgan fingerprint density at radius 2 is 2.10 bits per heavy atom. The number of ketones is 1. The van der Waals surface area contributed by atoms with Crippen molar-refractivity contribution < 1.29 is 26.9 Å². The van der Waals surface area contributed by atoms with Gasteiger partial charge >= 0.3 is 0 Å². The minimum absolute atomic E-state index is 0.204. The molecule has 30 heavy (non-hydrogen) atoms. The summed E-state index contributed by atoms with van der Waals surface area (Å²) in [5, 5.41) is 0. The van der Waals surface area contributed by atoms with Crippen LogP contribution in [0.25, 0.3) is 11.2 Å². The number of fused-ring (bicyclic) bond motifs is 1. The van der Waals surface area contributed by atoms with Crippen molar-refractivity contribution in [1.29, 1.82) is 0 Å². The first-order valence-corrected chi connectivity index (χ1v) is 11.2. The number of ether oxygens (including phenoxy) is 2. The summed E-state index contributed by atoms with van der Waals surface area (Å²) in [6, 6.07) is 0. The Morgan fingerprint density at radius 1 is 1.33 bits per heavy atom. The molecule has 2 aromatic rings. The quantitative estimate of drug-likeness (QED) is 0.484. The molecule has 0 bridgehead atoms. The molecule has 0 saturated carbocycles. The topological polar surface area (TPSA) is 175 Å². The van der Waals surface area contributed by atoms with Crippen molar-refractivity contribution in [2.45, 2.75) is 51.9 Å². The Bertz CT molecular complexity index is 996. The Morgan fingerprint density at radius 3 is 2.83 bits per heavy atom. The number of hydrogen-bond acceptors (Lipinski definition) is 11. The number of nitrogens with two attached hydrogens (primary N) is 2. The van der Waals surface area contributed by atoms with Crippen LogP contribution in [0.1, 0.15) is 39.3 Å². The molecular weight excluding hydrogens is 416 g/mol. The number of rotatable bonds is 10. The zero-order valence-corrected chi connectivity index (χ0v) is 17.6. The van der Waals surface area contributed by atoms with Crippen molar-refractivity contribution in [3.05, 3.63) is 12.7 Å². The second-order valence-corrected chi connectivity index (χ2v) is 8.78. The molecule has 0 spiro atoms. The van der Waals surface area contributed by atoms with E-state index in [1.54, 1.807) is 6.92 Å². The van der Waals surface area contributed by atoms with Crippen molar-refractivity contribution in [1.82, 2.24) is 19.5 Å². The Balaban J connectivity index is 1.58. The summed E-state index contributed by atoms with van der Waals surface area (Å²) in [6.45, 7) is 3.28. The minimum Gasteiger partial charge on any atom is -0.382 e. The molecule has 3 heterocycles. The summed E-state index contributed by atoms with van der Waals surface area (Å²) in [5.41, 5.74) is 12.5. The van der Waals surface area contributed by atoms with Crippen LogP contribution in [0.5, 0.6) is 0 Å². The lowest BCUT2D eigenvalue weighted by Gasteiger charge is -2.14. The molecule has 1 aliphatic heterocycles. The SMILES string of the molecule is CCCC[C@H](C)C(=O)CS(=O)(=O)OC[C@@H]1O[C@@H](N)[C@@H](n2cnc3c(N)ncnc32)O1. The van der Waals surface area contributed by atoms with Crippen molar-refractivity contribution in [3.63, 3.8) is 0 Å². The van der Waals surface area contributed by atoms with Crippen molar-refractivity contribution >= 4 is 32.9 Å². The van der Waals surface area contributed by atoms with E-state index in [1.807, 2.05) is 6.92 Å². The standard InChI is InChI=1S/C17H26N6O6S/c1-3-4-5-10(2)11(24)7-30(25,26)27-6-12-28-15(19)17(29-12)23-9-22-13-14(18)20-8-21-16(13)23/h8-10,12,15,17H,3-7,19H2,1-2H3,(H2,18,20,21)/t10-,12+,15+,17-/m0/s1. The predicted octanol–water partition coefficient (Wildman–Crippen LogP) is 0.307. The lowest BCUT2D eigenvalue weighted by atomic mass is 10.0. The van der Waals surface area contributed by atoms with E-state index in [-0.39, 0.29) is 17.5 Å². The number of carbonyl (C=O) groups excluding carboxylic acids is 1. The molecule has 0 aromatic carbocycles. The highest BCUT2D eigenvalue weighted by atomic mass is 32.2. The fourth-order valence-electron chi connectivity index (χ4n) is 3.05. The van der Waals surface area contributed by atoms with E-state index in [2.05, 4.69) is 15.0 Å². The summed E-state index contributed by atoms with van der Waals surface area (Å²) < 4.78 is 41.9. The monoisotopic (exact) mass is 442 g/mol. The molecule has 4 atom stereocenters. The molecule has 1 aliphatic rings. The molecule has 0 unspecified atom stereocenters. The molecule has 1 fully saturated rings. The van der Waals surface area contributed by atoms with E-state index in [1.165, 1.54) is 17.2 Å². The predicted molar refractivity (Wildman–Crippen MR) is 106 cm³/mol. The van der Waals surface area contributed by atoms with Crippen LogP contribution in [0.3, 0.4) is 0 Å². The number of imidazole rings is 1. The van der Waals surface area contributed by atoms with E-state index in [0.717, 1.165) is 12.8 Å². The number of nitrogens with zero attached hydrogens (tertiary/aromatic N) is 4. The highest BCUT2D eigenvalue weighted by molar-refractivity contribution is 7.87. The van der Waals surface area contributed by atoms with E-state index < -0.39 is 41.2 Å². The van der Waals surface area contributed by atoms with Gasteiger partial charge in [-0.2, -0.15) is 8.42 Å². The molecule has 12 nitrogen and oxygen atoms in total. The normalized spacial score (nSPS) is 23.1. The van der Waals surface area contributed by atoms with Gasteiger partial charge in [-0.05, 0) is 6.42 Å². The van der Waals surface area contributed by atoms with Crippen molar-refractivity contribution in [2.75, 3.05) is 18.1 Å². The van der Waals surface area contributed by atoms with Gasteiger partial charge in [0, 0.05) is 5.92 Å². The van der Waals surface area contributed by atoms with Gasteiger partial charge in [0.1, 0.15) is 24.2 Å². The maximum absolute atomic E-state index is 12.1. The third-order valence-corrected chi connectivity index (χ3v) is 5.92. The molecule has 166 valence electrons. The largest absolute Gasteiger partial charge is 0.382 e. The Kier molecular flexibility index (Phi) is 6.98. The first-order chi connectivity index (χ1) is 14.2. The van der Waals surface area contributed by atoms with Gasteiger partial charge in [-0.15, -0.1) is 0 Å². The average molecular weight is 442 g/mol. The van der Waals surface area contributed by atoms with E-state index in [4.69, 9.17) is 25.1 Å². The molecule has 0 radical (unpaired) electrons. The maximum Gasteiger partial charge on any atom is 0.274 e. The molecule has 13 heteroatoms. The second kappa shape index (κ2) is 9.31. The number of hydrogen-bond donors (Lipinski definition) is 2. The maximum atomic E-state index is 12.1. The van der Waals surface area contributed by atoms with Gasteiger partial charge in [0.15, 0.2) is 36.0 Å². The fraction of sp³-hybridized carbons (Fsp3) is 0.647. The number of anilines is 1. The van der Waals surface area contributed by atoms with Crippen molar-refractivity contribution in [3.8, 4) is 0 Å². The first kappa shape index (κ1) is 22.5. The van der Waals surface area contributed by atoms with E-state index in [9.17, 15) is 13.2 Å². The second-order valence-electron chi connectivity index (χ2n) is 7.14. The van der Waals surface area contributed by atoms with Gasteiger partial charge in [0.25, 0.3) is 10.1 Å². The molecule has 3 rings (SSSR count). The van der Waals surface area contributed by atoms with Gasteiger partial charge in [0.2, 0.25) is 0 Å². The highest BCUT2D eigenvalue weighted by Gasteiger charge is 2.37. The van der Waals surface area contributed by atoms with Gasteiger partial charge in [-0.25, -0.2) is 15.0 Å². The lowest BCUT2D eigenvalue weighted by Crippen LogP contribution is -2.29. The minimum atomic E-state index is -4.07. The average Bonchev–Trinajstić information content (AvgIpc) is 3.28. The number of carbonyl (C=O) groups is 1. The highest BCUT2D eigenvalue weighted by Crippen LogP contribution is 2.28. The summed E-state index contributed by atoms with van der Waals surface area (Å²) in [5.74, 6) is -1.21. The number of nitrogen functional groups attached to an aromatic ring is 1. The first-order valence-electron chi connectivity index (χ1n) is 9.61. The molecular formula is C17H26N6O6S. The molecule has 4 N–H and O–H groups in total. The fourth-order valence-corrected chi connectivity index (χ4v) is 4.09. The van der Waals surface area contributed by atoms with Gasteiger partial charge in [-0.1, -0.05) is 26.7 Å². The van der Waals surface area contributed by atoms with Gasteiger partial charge in [0.05, 0.1) is 6.33 Å². The Labute approximate surface area is 174 Å². The van der Waals surface area contributed by atoms with E-state index >= 15 is 0 Å². The number of Topliss-reactive ketones (excluding diaryl/α,β-unsaturated/α-hetero) is 1. The van der Waals surface area contributed by atoms with Crippen LogP contribution < -0.4 is 11.5 Å². The van der Waals surface area contributed by atoms with Crippen LogP contribution >= 0.6 is 0 Å². The third-order valence-electron chi connectivity index (χ3n) is 4.79. The van der Waals surface area contributed by atoms with Crippen LogP contribution in [0.4, 0.5) is 5.82 Å². The van der Waals surface area contributed by atoms with Crippen LogP contribution in [0.15, 0.2) is 12.7 Å². The zero-order chi connectivity index (χ0) is 21.9. The summed E-state index contributed by atoms with van der Waals surface area (Å²) in [6.07, 6.45) is 2.34. The summed E-state index contributed by atoms with van der Waals surface area (Å²) in [4.78, 5) is 24.2. The molecule has 0 aliphatic carbocycles. The number of aromatic nitrogens is 4. The lowest BCUT2D eigenvalue weighted by molar-refractivity contribution is -0.120. The van der Waals surface area contributed by atoms with Crippen LogP contribution in [-0.2, 0) is 28.6 Å². The van der Waals surface area contributed by atoms with Crippen LogP contribution in [0.2, 0.25) is 0 Å². The number of unbranched alkanes of at least 4 members (excludes halogenated alkanes) is 1. The van der Waals surface area contributed by atoms with E-state index in [0.29, 0.717) is 17.6 Å². The third kappa shape index (κ3) is 5.10. The molecule has 1 saturated heterocycles. The summed E-state index contributed by atoms with van der Waals surface area (Å²) >= 11 is 0. The summed E-state index contributed by atoms with van der Waals surface area (Å²) in [7, 11) is -4.07. The van der Waals surface area contributed by atoms with Crippen LogP contribution in [0, 0.1) is 5.92 Å².